The minimum absolute atomic E-state index is 0.0134. The minimum Gasteiger partial charge on any atom is -0.288 e. The third-order valence-corrected chi connectivity index (χ3v) is 3.56. The zero-order valence-corrected chi connectivity index (χ0v) is 12.3. The number of alkyl halides is 5. The second-order valence-electron chi connectivity index (χ2n) is 5.31. The van der Waals surface area contributed by atoms with Gasteiger partial charge in [0, 0.05) is 5.39 Å². The Bertz CT molecular complexity index is 870. The first-order valence-electron chi connectivity index (χ1n) is 6.89. The van der Waals surface area contributed by atoms with Crippen molar-refractivity contribution < 1.29 is 31.5 Å². The molecule has 1 aliphatic heterocycles. The maximum atomic E-state index is 13.8. The highest BCUT2D eigenvalue weighted by Crippen LogP contribution is 2.37. The number of pyridine rings is 1. The lowest BCUT2D eigenvalue weighted by Gasteiger charge is -2.21. The molecule has 134 valence electrons. The van der Waals surface area contributed by atoms with E-state index in [1.54, 1.807) is 0 Å². The van der Waals surface area contributed by atoms with Crippen LogP contribution in [0.2, 0.25) is 0 Å². The van der Waals surface area contributed by atoms with Gasteiger partial charge in [-0.05, 0) is 12.1 Å². The van der Waals surface area contributed by atoms with Crippen molar-refractivity contribution in [2.24, 2.45) is 0 Å². The van der Waals surface area contributed by atoms with Crippen LogP contribution >= 0.6 is 0 Å². The monoisotopic (exact) mass is 364 g/mol. The Morgan fingerprint density at radius 2 is 1.88 bits per heavy atom. The number of halogens is 6. The van der Waals surface area contributed by atoms with E-state index in [1.807, 2.05) is 0 Å². The first-order valence-corrected chi connectivity index (χ1v) is 6.89. The Hall–Kier alpha value is -2.56. The summed E-state index contributed by atoms with van der Waals surface area (Å²) in [5.41, 5.74) is -0.332. The molecule has 0 bridgehead atoms. The number of hydrogen-bond acceptors (Lipinski definition) is 4. The van der Waals surface area contributed by atoms with Gasteiger partial charge in [-0.2, -0.15) is 27.1 Å². The van der Waals surface area contributed by atoms with Gasteiger partial charge in [0.05, 0.1) is 30.1 Å². The van der Waals surface area contributed by atoms with Crippen molar-refractivity contribution in [1.29, 1.82) is 0 Å². The maximum absolute atomic E-state index is 13.8. The van der Waals surface area contributed by atoms with Crippen LogP contribution in [0, 0.1) is 0 Å². The van der Waals surface area contributed by atoms with Crippen molar-refractivity contribution in [3.8, 4) is 0 Å². The lowest BCUT2D eigenvalue weighted by atomic mass is 10.1. The molecule has 0 fully saturated rings. The second kappa shape index (κ2) is 5.76. The van der Waals surface area contributed by atoms with E-state index >= 15 is 0 Å². The molecule has 0 saturated carbocycles. The molecule has 0 unspecified atom stereocenters. The summed E-state index contributed by atoms with van der Waals surface area (Å²) in [4.78, 5) is 3.84. The Balaban J connectivity index is 1.99. The molecule has 11 heteroatoms. The van der Waals surface area contributed by atoms with Gasteiger partial charge in [-0.15, -0.1) is 0 Å². The van der Waals surface area contributed by atoms with Gasteiger partial charge in [-0.1, -0.05) is 6.08 Å². The number of hydroxylamine groups is 2. The molecule has 2 aromatic heterocycles. The van der Waals surface area contributed by atoms with Gasteiger partial charge < -0.3 is 0 Å². The van der Waals surface area contributed by atoms with Gasteiger partial charge in [-0.3, -0.25) is 14.9 Å². The Kier molecular flexibility index (Phi) is 3.98. The van der Waals surface area contributed by atoms with Gasteiger partial charge in [-0.25, -0.2) is 9.45 Å². The SMILES string of the molecule is ON1CC=CC(F)=C1c1cc2cnn(CC(F)(F)C(F)(F)F)c2cn1. The van der Waals surface area contributed by atoms with E-state index in [0.717, 1.165) is 18.5 Å². The van der Waals surface area contributed by atoms with E-state index in [2.05, 4.69) is 10.1 Å². The van der Waals surface area contributed by atoms with Gasteiger partial charge in [0.1, 0.15) is 12.2 Å². The molecule has 1 aliphatic rings. The quantitative estimate of drug-likeness (QED) is 0.847. The van der Waals surface area contributed by atoms with E-state index in [0.29, 0.717) is 9.75 Å². The molecular weight excluding hydrogens is 354 g/mol. The standard InChI is InChI=1S/C14H10F6N4O/c15-9-2-1-3-24(25)12(9)10-4-8-5-22-23(11(8)6-21-10)7-13(16,17)14(18,19)20/h1-2,4-6,25H,3,7H2. The summed E-state index contributed by atoms with van der Waals surface area (Å²) in [7, 11) is 0. The molecule has 0 radical (unpaired) electrons. The molecule has 1 N–H and O–H groups in total. The van der Waals surface area contributed by atoms with Gasteiger partial charge in [0.2, 0.25) is 0 Å². The van der Waals surface area contributed by atoms with Crippen LogP contribution in [0.25, 0.3) is 16.6 Å². The highest BCUT2D eigenvalue weighted by atomic mass is 19.4. The normalized spacial score (nSPS) is 16.2. The summed E-state index contributed by atoms with van der Waals surface area (Å²) in [6.07, 6.45) is -1.16. The number of rotatable bonds is 3. The summed E-state index contributed by atoms with van der Waals surface area (Å²) < 4.78 is 77.7. The summed E-state index contributed by atoms with van der Waals surface area (Å²) in [5, 5.41) is 14.0. The zero-order chi connectivity index (χ0) is 18.4. The van der Waals surface area contributed by atoms with Crippen LogP contribution in [0.1, 0.15) is 5.69 Å². The number of fused-ring (bicyclic) bond motifs is 1. The Morgan fingerprint density at radius 1 is 1.16 bits per heavy atom. The van der Waals surface area contributed by atoms with Crippen LogP contribution in [-0.4, -0.2) is 43.7 Å². The fraction of sp³-hybridized carbons (Fsp3) is 0.286. The third kappa shape index (κ3) is 3.06. The molecule has 0 atom stereocenters. The first kappa shape index (κ1) is 17.3. The summed E-state index contributed by atoms with van der Waals surface area (Å²) in [6.45, 7) is -1.69. The van der Waals surface area contributed by atoms with Gasteiger partial charge in [0.25, 0.3) is 0 Å². The molecule has 25 heavy (non-hydrogen) atoms. The van der Waals surface area contributed by atoms with Crippen LogP contribution in [0.15, 0.2) is 36.4 Å². The molecule has 0 aliphatic carbocycles. The topological polar surface area (TPSA) is 54.2 Å². The van der Waals surface area contributed by atoms with Crippen molar-refractivity contribution in [1.82, 2.24) is 19.8 Å². The van der Waals surface area contributed by atoms with Gasteiger partial charge >= 0.3 is 12.1 Å². The maximum Gasteiger partial charge on any atom is 0.455 e. The lowest BCUT2D eigenvalue weighted by molar-refractivity contribution is -0.287. The van der Waals surface area contributed by atoms with E-state index in [-0.39, 0.29) is 28.8 Å². The number of hydrogen-bond donors (Lipinski definition) is 1. The number of allylic oxidation sites excluding steroid dienone is 2. The zero-order valence-electron chi connectivity index (χ0n) is 12.3. The van der Waals surface area contributed by atoms with E-state index in [1.165, 1.54) is 12.1 Å². The van der Waals surface area contributed by atoms with Crippen molar-refractivity contribution >= 4 is 16.6 Å². The second-order valence-corrected chi connectivity index (χ2v) is 5.31. The molecule has 0 aromatic carbocycles. The average Bonchev–Trinajstić information content (AvgIpc) is 2.88. The van der Waals surface area contributed by atoms with Crippen LogP contribution in [-0.2, 0) is 6.54 Å². The third-order valence-electron chi connectivity index (χ3n) is 3.56. The summed E-state index contributed by atoms with van der Waals surface area (Å²) >= 11 is 0. The van der Waals surface area contributed by atoms with Gasteiger partial charge in [0.15, 0.2) is 5.83 Å². The minimum atomic E-state index is -5.71. The molecule has 2 aromatic rings. The predicted octanol–water partition coefficient (Wildman–Crippen LogP) is 3.53. The first-order chi connectivity index (χ1) is 11.6. The molecule has 5 nitrogen and oxygen atoms in total. The smallest absolute Gasteiger partial charge is 0.288 e. The number of aromatic nitrogens is 3. The molecule has 0 spiro atoms. The summed E-state index contributed by atoms with van der Waals surface area (Å²) in [6, 6.07) is 1.24. The lowest BCUT2D eigenvalue weighted by Crippen LogP contribution is -2.40. The van der Waals surface area contributed by atoms with Crippen molar-refractivity contribution in [3.63, 3.8) is 0 Å². The fourth-order valence-electron chi connectivity index (χ4n) is 2.31. The van der Waals surface area contributed by atoms with Crippen molar-refractivity contribution in [3.05, 3.63) is 42.1 Å². The van der Waals surface area contributed by atoms with Crippen LogP contribution in [0.5, 0.6) is 0 Å². The van der Waals surface area contributed by atoms with Crippen molar-refractivity contribution in [2.45, 2.75) is 18.6 Å². The molecule has 0 saturated heterocycles. The van der Waals surface area contributed by atoms with Crippen LogP contribution in [0.4, 0.5) is 26.3 Å². The van der Waals surface area contributed by atoms with Crippen LogP contribution < -0.4 is 0 Å². The Labute approximate surface area is 136 Å². The molecule has 3 heterocycles. The van der Waals surface area contributed by atoms with E-state index in [9.17, 15) is 31.5 Å². The largest absolute Gasteiger partial charge is 0.455 e. The highest BCUT2D eigenvalue weighted by Gasteiger charge is 2.57. The summed E-state index contributed by atoms with van der Waals surface area (Å²) in [5.74, 6) is -5.73. The highest BCUT2D eigenvalue weighted by molar-refractivity contribution is 5.81. The average molecular weight is 364 g/mol. The predicted molar refractivity (Wildman–Crippen MR) is 74.2 cm³/mol. The molecule has 3 rings (SSSR count). The van der Waals surface area contributed by atoms with Crippen LogP contribution in [0.3, 0.4) is 0 Å². The molecular formula is C14H10F6N4O. The fourth-order valence-corrected chi connectivity index (χ4v) is 2.31. The van der Waals surface area contributed by atoms with E-state index in [4.69, 9.17) is 0 Å². The number of nitrogens with zero attached hydrogens (tertiary/aromatic N) is 4. The van der Waals surface area contributed by atoms with Crippen molar-refractivity contribution in [2.75, 3.05) is 6.54 Å². The Morgan fingerprint density at radius 3 is 2.52 bits per heavy atom. The van der Waals surface area contributed by atoms with E-state index < -0.39 is 24.5 Å². The molecule has 0 amide bonds.